The lowest BCUT2D eigenvalue weighted by molar-refractivity contribution is 0.409. The number of hydrogen-bond acceptors (Lipinski definition) is 2. The highest BCUT2D eigenvalue weighted by molar-refractivity contribution is 5.21. The second-order valence-electron chi connectivity index (χ2n) is 5.53. The van der Waals surface area contributed by atoms with Gasteiger partial charge in [-0.15, -0.1) is 0 Å². The van der Waals surface area contributed by atoms with Crippen LogP contribution in [0.5, 0.6) is 0 Å². The normalized spacial score (nSPS) is 25.1. The maximum absolute atomic E-state index is 4.87. The first-order chi connectivity index (χ1) is 8.36. The second kappa shape index (κ2) is 4.81. The van der Waals surface area contributed by atoms with Gasteiger partial charge in [-0.2, -0.15) is 0 Å². The molecule has 0 spiro atoms. The van der Waals surface area contributed by atoms with Crippen LogP contribution in [0.2, 0.25) is 0 Å². The third-order valence-corrected chi connectivity index (χ3v) is 4.31. The number of aromatic nitrogens is 2. The Hall–Kier alpha value is -0.830. The van der Waals surface area contributed by atoms with E-state index in [0.717, 1.165) is 18.8 Å². The fraction of sp³-hybridized carbons (Fsp3) is 0.786. The molecule has 1 aliphatic carbocycles. The predicted octanol–water partition coefficient (Wildman–Crippen LogP) is 2.53. The first kappa shape index (κ1) is 11.3. The Kier molecular flexibility index (Phi) is 3.19. The van der Waals surface area contributed by atoms with Gasteiger partial charge in [0.2, 0.25) is 0 Å². The van der Waals surface area contributed by atoms with E-state index in [1.807, 2.05) is 0 Å². The van der Waals surface area contributed by atoms with Crippen LogP contribution in [0.25, 0.3) is 0 Å². The molecule has 1 atom stereocenters. The molecule has 0 aromatic carbocycles. The molecule has 3 rings (SSSR count). The number of hydrogen-bond donors (Lipinski definition) is 2. The number of imidazole rings is 1. The van der Waals surface area contributed by atoms with Crippen LogP contribution in [0, 0.1) is 0 Å². The van der Waals surface area contributed by atoms with Gasteiger partial charge in [0.25, 0.3) is 0 Å². The Labute approximate surface area is 103 Å². The standard InChI is InChI=1S/C14H23N3/c1-2-12-14(10-5-3-6-10)17-13(16-12)9-11-7-4-8-15-11/h10-11,15H,2-9H2,1H3,(H,16,17). The van der Waals surface area contributed by atoms with Gasteiger partial charge in [-0.05, 0) is 38.6 Å². The number of rotatable bonds is 4. The second-order valence-corrected chi connectivity index (χ2v) is 5.53. The topological polar surface area (TPSA) is 40.7 Å². The van der Waals surface area contributed by atoms with Gasteiger partial charge < -0.3 is 10.3 Å². The number of H-pyrrole nitrogens is 1. The Bertz CT molecular complexity index is 373. The van der Waals surface area contributed by atoms with Gasteiger partial charge in [-0.1, -0.05) is 13.3 Å². The van der Waals surface area contributed by atoms with Gasteiger partial charge in [0, 0.05) is 24.1 Å². The summed E-state index contributed by atoms with van der Waals surface area (Å²) in [5.74, 6) is 1.97. The zero-order chi connectivity index (χ0) is 11.7. The predicted molar refractivity (Wildman–Crippen MR) is 69.3 cm³/mol. The Balaban J connectivity index is 1.73. The molecule has 0 radical (unpaired) electrons. The summed E-state index contributed by atoms with van der Waals surface area (Å²) in [6.07, 6.45) is 8.89. The van der Waals surface area contributed by atoms with Crippen LogP contribution in [0.1, 0.15) is 62.2 Å². The van der Waals surface area contributed by atoms with Crippen LogP contribution in [-0.4, -0.2) is 22.6 Å². The van der Waals surface area contributed by atoms with E-state index < -0.39 is 0 Å². The summed E-state index contributed by atoms with van der Waals surface area (Å²) in [6, 6.07) is 0.653. The van der Waals surface area contributed by atoms with Gasteiger partial charge in [0.05, 0.1) is 5.69 Å². The lowest BCUT2D eigenvalue weighted by Gasteiger charge is -2.24. The van der Waals surface area contributed by atoms with Crippen molar-refractivity contribution in [1.82, 2.24) is 15.3 Å². The largest absolute Gasteiger partial charge is 0.346 e. The highest BCUT2D eigenvalue weighted by Crippen LogP contribution is 2.37. The maximum atomic E-state index is 4.87. The van der Waals surface area contributed by atoms with E-state index in [1.54, 1.807) is 0 Å². The van der Waals surface area contributed by atoms with Crippen LogP contribution in [0.3, 0.4) is 0 Å². The van der Waals surface area contributed by atoms with Crippen molar-refractivity contribution in [1.29, 1.82) is 0 Å². The summed E-state index contributed by atoms with van der Waals surface area (Å²) >= 11 is 0. The molecule has 3 nitrogen and oxygen atoms in total. The molecule has 17 heavy (non-hydrogen) atoms. The third kappa shape index (κ3) is 2.25. The zero-order valence-electron chi connectivity index (χ0n) is 10.8. The van der Waals surface area contributed by atoms with Crippen molar-refractivity contribution >= 4 is 0 Å². The molecular weight excluding hydrogens is 210 g/mol. The summed E-state index contributed by atoms with van der Waals surface area (Å²) in [4.78, 5) is 8.43. The fourth-order valence-corrected chi connectivity index (χ4v) is 3.03. The quantitative estimate of drug-likeness (QED) is 0.839. The van der Waals surface area contributed by atoms with Crippen LogP contribution in [0.15, 0.2) is 0 Å². The first-order valence-corrected chi connectivity index (χ1v) is 7.18. The lowest BCUT2D eigenvalue weighted by atomic mass is 9.82. The van der Waals surface area contributed by atoms with Crippen LogP contribution >= 0.6 is 0 Å². The average Bonchev–Trinajstić information content (AvgIpc) is 2.86. The van der Waals surface area contributed by atoms with Crippen LogP contribution < -0.4 is 5.32 Å². The first-order valence-electron chi connectivity index (χ1n) is 7.18. The van der Waals surface area contributed by atoms with E-state index in [4.69, 9.17) is 4.98 Å². The van der Waals surface area contributed by atoms with E-state index in [2.05, 4.69) is 17.2 Å². The van der Waals surface area contributed by atoms with E-state index in [9.17, 15) is 0 Å². The van der Waals surface area contributed by atoms with E-state index >= 15 is 0 Å². The molecule has 0 amide bonds. The number of nitrogens with one attached hydrogen (secondary N) is 2. The molecule has 94 valence electrons. The minimum atomic E-state index is 0.653. The molecule has 2 N–H and O–H groups in total. The van der Waals surface area contributed by atoms with Gasteiger partial charge in [0.1, 0.15) is 5.82 Å². The lowest BCUT2D eigenvalue weighted by Crippen LogP contribution is -2.24. The molecule has 2 fully saturated rings. The van der Waals surface area contributed by atoms with Crippen molar-refractivity contribution in [2.75, 3.05) is 6.54 Å². The van der Waals surface area contributed by atoms with Crippen LogP contribution in [0.4, 0.5) is 0 Å². The van der Waals surface area contributed by atoms with Crippen molar-refractivity contribution in [2.24, 2.45) is 0 Å². The van der Waals surface area contributed by atoms with Crippen molar-refractivity contribution in [3.05, 3.63) is 17.2 Å². The van der Waals surface area contributed by atoms with E-state index in [0.29, 0.717) is 6.04 Å². The average molecular weight is 233 g/mol. The Morgan fingerprint density at radius 3 is 2.71 bits per heavy atom. The van der Waals surface area contributed by atoms with Gasteiger partial charge in [0.15, 0.2) is 0 Å². The highest BCUT2D eigenvalue weighted by Gasteiger charge is 2.26. The van der Waals surface area contributed by atoms with Gasteiger partial charge in [-0.25, -0.2) is 4.98 Å². The minimum Gasteiger partial charge on any atom is -0.346 e. The summed E-state index contributed by atoms with van der Waals surface area (Å²) < 4.78 is 0. The van der Waals surface area contributed by atoms with Crippen molar-refractivity contribution in [3.8, 4) is 0 Å². The summed E-state index contributed by atoms with van der Waals surface area (Å²) in [7, 11) is 0. The molecular formula is C14H23N3. The van der Waals surface area contributed by atoms with Crippen LogP contribution in [-0.2, 0) is 12.8 Å². The molecule has 1 saturated carbocycles. The molecule has 1 unspecified atom stereocenters. The monoisotopic (exact) mass is 233 g/mol. The number of aryl methyl sites for hydroxylation is 1. The minimum absolute atomic E-state index is 0.653. The highest BCUT2D eigenvalue weighted by atomic mass is 15.0. The van der Waals surface area contributed by atoms with Crippen molar-refractivity contribution in [2.45, 2.75) is 63.8 Å². The van der Waals surface area contributed by atoms with Crippen molar-refractivity contribution in [3.63, 3.8) is 0 Å². The maximum Gasteiger partial charge on any atom is 0.108 e. The van der Waals surface area contributed by atoms with E-state index in [1.165, 1.54) is 55.9 Å². The molecule has 2 heterocycles. The molecule has 2 aliphatic rings. The zero-order valence-corrected chi connectivity index (χ0v) is 10.8. The molecule has 1 saturated heterocycles. The summed E-state index contributed by atoms with van der Waals surface area (Å²) in [5.41, 5.74) is 2.77. The van der Waals surface area contributed by atoms with Crippen molar-refractivity contribution < 1.29 is 0 Å². The summed E-state index contributed by atoms with van der Waals surface area (Å²) in [6.45, 7) is 3.41. The molecule has 1 aromatic heterocycles. The fourth-order valence-electron chi connectivity index (χ4n) is 3.03. The molecule has 0 bridgehead atoms. The number of aromatic amines is 1. The van der Waals surface area contributed by atoms with E-state index in [-0.39, 0.29) is 0 Å². The van der Waals surface area contributed by atoms with Gasteiger partial charge in [-0.3, -0.25) is 0 Å². The summed E-state index contributed by atoms with van der Waals surface area (Å²) in [5, 5.41) is 3.55. The SMILES string of the molecule is CCc1[nH]c(CC2CCCN2)nc1C1CCC1. The molecule has 3 heteroatoms. The smallest absolute Gasteiger partial charge is 0.108 e. The number of nitrogens with zero attached hydrogens (tertiary/aromatic N) is 1. The molecule has 1 aromatic rings. The van der Waals surface area contributed by atoms with Gasteiger partial charge >= 0.3 is 0 Å². The third-order valence-electron chi connectivity index (χ3n) is 4.31. The Morgan fingerprint density at radius 2 is 2.12 bits per heavy atom. The Morgan fingerprint density at radius 1 is 1.24 bits per heavy atom. The molecule has 1 aliphatic heterocycles.